The van der Waals surface area contributed by atoms with Crippen molar-refractivity contribution in [3.05, 3.63) is 53.5 Å². The summed E-state index contributed by atoms with van der Waals surface area (Å²) >= 11 is 0. The molecular weight excluding hydrogens is 270 g/mol. The maximum Gasteiger partial charge on any atom is 0.303 e. The van der Waals surface area contributed by atoms with Crippen LogP contribution >= 0.6 is 0 Å². The van der Waals surface area contributed by atoms with E-state index in [0.29, 0.717) is 29.9 Å². The zero-order valence-corrected chi connectivity index (χ0v) is 11.8. The number of amides is 1. The summed E-state index contributed by atoms with van der Waals surface area (Å²) in [6, 6.07) is 8.83. The minimum Gasteiger partial charge on any atom is -0.481 e. The van der Waals surface area contributed by atoms with Crippen LogP contribution in [0.3, 0.4) is 0 Å². The molecule has 0 radical (unpaired) electrons. The molecule has 0 aliphatic heterocycles. The predicted octanol–water partition coefficient (Wildman–Crippen LogP) is 3.11. The second kappa shape index (κ2) is 6.74. The van der Waals surface area contributed by atoms with E-state index in [9.17, 15) is 9.59 Å². The van der Waals surface area contributed by atoms with Gasteiger partial charge in [0.15, 0.2) is 0 Å². The molecular formula is C16H17NO4. The molecule has 21 heavy (non-hydrogen) atoms. The Bertz CT molecular complexity index is 645. The van der Waals surface area contributed by atoms with E-state index in [1.54, 1.807) is 24.3 Å². The Kier molecular flexibility index (Phi) is 4.77. The summed E-state index contributed by atoms with van der Waals surface area (Å²) in [5.74, 6) is -0.416. The van der Waals surface area contributed by atoms with Crippen LogP contribution in [0.4, 0.5) is 5.69 Å². The molecule has 0 atom stereocenters. The number of nitrogens with one attached hydrogen (secondary N) is 1. The van der Waals surface area contributed by atoms with Crippen molar-refractivity contribution in [3.63, 3.8) is 0 Å². The van der Waals surface area contributed by atoms with Crippen LogP contribution in [-0.4, -0.2) is 17.0 Å². The highest BCUT2D eigenvalue weighted by Crippen LogP contribution is 2.16. The van der Waals surface area contributed by atoms with Crippen molar-refractivity contribution in [1.82, 2.24) is 0 Å². The number of hydrogen-bond acceptors (Lipinski definition) is 3. The number of carboxylic acid groups (broad SMARTS) is 1. The Labute approximate surface area is 122 Å². The average Bonchev–Trinajstić information content (AvgIpc) is 2.94. The lowest BCUT2D eigenvalue weighted by molar-refractivity contribution is -0.136. The van der Waals surface area contributed by atoms with Gasteiger partial charge in [-0.3, -0.25) is 9.59 Å². The fourth-order valence-electron chi connectivity index (χ4n) is 2.07. The molecule has 1 heterocycles. The van der Waals surface area contributed by atoms with Crippen molar-refractivity contribution in [2.75, 3.05) is 5.32 Å². The third-order valence-electron chi connectivity index (χ3n) is 3.12. The van der Waals surface area contributed by atoms with Crippen LogP contribution in [0.2, 0.25) is 0 Å². The lowest BCUT2D eigenvalue weighted by atomic mass is 10.1. The van der Waals surface area contributed by atoms with Crippen LogP contribution in [0.5, 0.6) is 0 Å². The van der Waals surface area contributed by atoms with Crippen LogP contribution in [0, 0.1) is 0 Å². The van der Waals surface area contributed by atoms with Crippen LogP contribution in [0.1, 0.15) is 35.0 Å². The number of aliphatic carboxylic acids is 1. The number of carbonyl (C=O) groups excluding carboxylic acids is 1. The molecule has 0 spiro atoms. The molecule has 110 valence electrons. The van der Waals surface area contributed by atoms with Crippen LogP contribution in [0.25, 0.3) is 0 Å². The molecule has 0 bridgehead atoms. The number of hydrogen-bond donors (Lipinski definition) is 2. The summed E-state index contributed by atoms with van der Waals surface area (Å²) in [5.41, 5.74) is 2.04. The first-order chi connectivity index (χ1) is 10.1. The third kappa shape index (κ3) is 3.95. The second-order valence-corrected chi connectivity index (χ2v) is 4.66. The highest BCUT2D eigenvalue weighted by molar-refractivity contribution is 6.05. The normalized spacial score (nSPS) is 10.3. The van der Waals surface area contributed by atoms with E-state index >= 15 is 0 Å². The van der Waals surface area contributed by atoms with Gasteiger partial charge in [-0.1, -0.05) is 19.1 Å². The van der Waals surface area contributed by atoms with Gasteiger partial charge in [-0.15, -0.1) is 0 Å². The molecule has 1 amide bonds. The van der Waals surface area contributed by atoms with E-state index in [-0.39, 0.29) is 12.3 Å². The van der Waals surface area contributed by atoms with Gasteiger partial charge < -0.3 is 14.8 Å². The van der Waals surface area contributed by atoms with Gasteiger partial charge in [0.05, 0.1) is 11.8 Å². The van der Waals surface area contributed by atoms with Gasteiger partial charge in [0.1, 0.15) is 5.76 Å². The van der Waals surface area contributed by atoms with E-state index in [0.717, 1.165) is 5.56 Å². The van der Waals surface area contributed by atoms with E-state index in [2.05, 4.69) is 5.32 Å². The first-order valence-corrected chi connectivity index (χ1v) is 6.78. The molecule has 2 N–H and O–H groups in total. The monoisotopic (exact) mass is 287 g/mol. The molecule has 1 aromatic heterocycles. The van der Waals surface area contributed by atoms with Crippen LogP contribution in [-0.2, 0) is 17.6 Å². The van der Waals surface area contributed by atoms with Crippen molar-refractivity contribution in [2.45, 2.75) is 26.2 Å². The summed E-state index contributed by atoms with van der Waals surface area (Å²) in [7, 11) is 0. The summed E-state index contributed by atoms with van der Waals surface area (Å²) in [6.45, 7) is 1.92. The molecule has 5 nitrogen and oxygen atoms in total. The van der Waals surface area contributed by atoms with Crippen molar-refractivity contribution >= 4 is 17.6 Å². The summed E-state index contributed by atoms with van der Waals surface area (Å²) in [5, 5.41) is 11.5. The van der Waals surface area contributed by atoms with E-state index in [4.69, 9.17) is 9.52 Å². The standard InChI is InChI=1S/C16H17NO4/c1-2-14-13(8-9-21-14)16(20)17-12-5-3-4-11(10-12)6-7-15(18)19/h3-5,8-10H,2,6-7H2,1H3,(H,17,20)(H,18,19). The number of benzene rings is 1. The van der Waals surface area contributed by atoms with Crippen LogP contribution in [0.15, 0.2) is 41.0 Å². The summed E-state index contributed by atoms with van der Waals surface area (Å²) in [4.78, 5) is 22.7. The molecule has 0 fully saturated rings. The maximum absolute atomic E-state index is 12.2. The molecule has 2 rings (SSSR count). The Balaban J connectivity index is 2.07. The predicted molar refractivity (Wildman–Crippen MR) is 78.4 cm³/mol. The molecule has 0 unspecified atom stereocenters. The molecule has 0 aliphatic rings. The Morgan fingerprint density at radius 1 is 1.29 bits per heavy atom. The fraction of sp³-hybridized carbons (Fsp3) is 0.250. The van der Waals surface area contributed by atoms with Crippen molar-refractivity contribution < 1.29 is 19.1 Å². The quantitative estimate of drug-likeness (QED) is 0.855. The third-order valence-corrected chi connectivity index (χ3v) is 3.12. The molecule has 0 saturated carbocycles. The lowest BCUT2D eigenvalue weighted by Crippen LogP contribution is -2.13. The van der Waals surface area contributed by atoms with Gasteiger partial charge in [-0.25, -0.2) is 0 Å². The highest BCUT2D eigenvalue weighted by atomic mass is 16.4. The van der Waals surface area contributed by atoms with Crippen molar-refractivity contribution in [2.24, 2.45) is 0 Å². The Hall–Kier alpha value is -2.56. The highest BCUT2D eigenvalue weighted by Gasteiger charge is 2.13. The Morgan fingerprint density at radius 3 is 2.81 bits per heavy atom. The number of anilines is 1. The van der Waals surface area contributed by atoms with Gasteiger partial charge >= 0.3 is 5.97 Å². The second-order valence-electron chi connectivity index (χ2n) is 4.66. The topological polar surface area (TPSA) is 79.5 Å². The van der Waals surface area contributed by atoms with Gasteiger partial charge in [-0.2, -0.15) is 0 Å². The number of carbonyl (C=O) groups is 2. The lowest BCUT2D eigenvalue weighted by Gasteiger charge is -2.07. The van der Waals surface area contributed by atoms with Gasteiger partial charge in [-0.05, 0) is 30.2 Å². The summed E-state index contributed by atoms with van der Waals surface area (Å²) < 4.78 is 5.24. The number of furan rings is 1. The molecule has 2 aromatic rings. The van der Waals surface area contributed by atoms with Gasteiger partial charge in [0.25, 0.3) is 5.91 Å². The fourth-order valence-corrected chi connectivity index (χ4v) is 2.07. The molecule has 1 aromatic carbocycles. The molecule has 0 saturated heterocycles. The largest absolute Gasteiger partial charge is 0.481 e. The van der Waals surface area contributed by atoms with Gasteiger partial charge in [0.2, 0.25) is 0 Å². The van der Waals surface area contributed by atoms with E-state index in [1.807, 2.05) is 13.0 Å². The Morgan fingerprint density at radius 2 is 2.10 bits per heavy atom. The molecule has 0 aliphatic carbocycles. The maximum atomic E-state index is 12.2. The first-order valence-electron chi connectivity index (χ1n) is 6.78. The van der Waals surface area contributed by atoms with Gasteiger partial charge in [0, 0.05) is 18.5 Å². The zero-order chi connectivity index (χ0) is 15.2. The number of aryl methyl sites for hydroxylation is 2. The van der Waals surface area contributed by atoms with E-state index < -0.39 is 5.97 Å². The SMILES string of the molecule is CCc1occc1C(=O)Nc1cccc(CCC(=O)O)c1. The minimum absolute atomic E-state index is 0.0686. The molecule has 5 heteroatoms. The summed E-state index contributed by atoms with van der Waals surface area (Å²) in [6.07, 6.45) is 2.65. The van der Waals surface area contributed by atoms with E-state index in [1.165, 1.54) is 6.26 Å². The number of rotatable bonds is 6. The zero-order valence-electron chi connectivity index (χ0n) is 11.8. The smallest absolute Gasteiger partial charge is 0.303 e. The van der Waals surface area contributed by atoms with Crippen molar-refractivity contribution in [1.29, 1.82) is 0 Å². The average molecular weight is 287 g/mol. The number of carboxylic acids is 1. The van der Waals surface area contributed by atoms with Crippen molar-refractivity contribution in [3.8, 4) is 0 Å². The van der Waals surface area contributed by atoms with Crippen LogP contribution < -0.4 is 5.32 Å². The minimum atomic E-state index is -0.838. The first kappa shape index (κ1) is 14.8.